The summed E-state index contributed by atoms with van der Waals surface area (Å²) in [6.45, 7) is 2.89. The molecule has 3 N–H and O–H groups in total. The summed E-state index contributed by atoms with van der Waals surface area (Å²) in [5.74, 6) is 0. The fourth-order valence-corrected chi connectivity index (χ4v) is 2.95. The molecule has 0 spiro atoms. The van der Waals surface area contributed by atoms with Crippen LogP contribution in [0.15, 0.2) is 34.1 Å². The maximum absolute atomic E-state index is 5.86. The van der Waals surface area contributed by atoms with E-state index in [2.05, 4.69) is 28.7 Å². The van der Waals surface area contributed by atoms with Crippen LogP contribution < -0.4 is 11.1 Å². The highest BCUT2D eigenvalue weighted by atomic mass is 32.1. The van der Waals surface area contributed by atoms with Gasteiger partial charge in [-0.25, -0.2) is 0 Å². The van der Waals surface area contributed by atoms with Crippen molar-refractivity contribution in [2.24, 2.45) is 0 Å². The number of nitrogens with two attached hydrogens (primary N) is 1. The molecule has 0 aliphatic carbocycles. The second-order valence-corrected chi connectivity index (χ2v) is 5.29. The Morgan fingerprint density at radius 3 is 3.05 bits per heavy atom. The first kappa shape index (κ1) is 12.0. The molecule has 0 bridgehead atoms. The molecule has 0 fully saturated rings. The number of thiophene rings is 1. The Morgan fingerprint density at radius 2 is 2.26 bits per heavy atom. The third-order valence-electron chi connectivity index (χ3n) is 3.07. The average Bonchev–Trinajstić information content (AvgIpc) is 3.02. The van der Waals surface area contributed by atoms with Crippen LogP contribution in [0.5, 0.6) is 0 Å². The predicted octanol–water partition coefficient (Wildman–Crippen LogP) is 3.65. The lowest BCUT2D eigenvalue weighted by Crippen LogP contribution is -1.99. The molecular weight excluding hydrogens is 258 g/mol. The van der Waals surface area contributed by atoms with Gasteiger partial charge in [-0.05, 0) is 35.6 Å². The van der Waals surface area contributed by atoms with Gasteiger partial charge in [-0.1, -0.05) is 13.0 Å². The van der Waals surface area contributed by atoms with E-state index in [0.717, 1.165) is 13.0 Å². The number of aryl methyl sites for hydroxylation is 1. The van der Waals surface area contributed by atoms with E-state index in [4.69, 9.17) is 10.2 Å². The van der Waals surface area contributed by atoms with Gasteiger partial charge in [-0.3, -0.25) is 0 Å². The second-order valence-electron chi connectivity index (χ2n) is 4.29. The SMILES string of the molecule is CCc1ccsc1CNc1nc2c(N)cccc2o1. The maximum Gasteiger partial charge on any atom is 0.296 e. The average molecular weight is 273 g/mol. The van der Waals surface area contributed by atoms with E-state index in [0.29, 0.717) is 22.8 Å². The molecule has 0 aliphatic heterocycles. The summed E-state index contributed by atoms with van der Waals surface area (Å²) in [4.78, 5) is 5.69. The molecule has 2 aromatic heterocycles. The lowest BCUT2D eigenvalue weighted by atomic mass is 10.2. The largest absolute Gasteiger partial charge is 0.423 e. The summed E-state index contributed by atoms with van der Waals surface area (Å²) >= 11 is 1.75. The van der Waals surface area contributed by atoms with Gasteiger partial charge in [0.25, 0.3) is 6.01 Å². The van der Waals surface area contributed by atoms with Crippen LogP contribution in [0.1, 0.15) is 17.4 Å². The number of rotatable bonds is 4. The number of oxazole rings is 1. The van der Waals surface area contributed by atoms with E-state index in [1.807, 2.05) is 18.2 Å². The zero-order chi connectivity index (χ0) is 13.2. The van der Waals surface area contributed by atoms with E-state index >= 15 is 0 Å². The highest BCUT2D eigenvalue weighted by Gasteiger charge is 2.09. The molecule has 0 aliphatic rings. The van der Waals surface area contributed by atoms with E-state index in [9.17, 15) is 0 Å². The first-order valence-electron chi connectivity index (χ1n) is 6.22. The Hall–Kier alpha value is -2.01. The molecule has 0 unspecified atom stereocenters. The van der Waals surface area contributed by atoms with Gasteiger partial charge in [-0.2, -0.15) is 4.98 Å². The molecule has 2 heterocycles. The fraction of sp³-hybridized carbons (Fsp3) is 0.214. The molecular formula is C14H15N3OS. The van der Waals surface area contributed by atoms with E-state index in [-0.39, 0.29) is 0 Å². The van der Waals surface area contributed by atoms with Gasteiger partial charge in [0.2, 0.25) is 0 Å². The highest BCUT2D eigenvalue weighted by Crippen LogP contribution is 2.25. The van der Waals surface area contributed by atoms with Crippen molar-refractivity contribution in [3.8, 4) is 0 Å². The Labute approximate surface area is 115 Å². The Kier molecular flexibility index (Phi) is 3.13. The van der Waals surface area contributed by atoms with Crippen molar-refractivity contribution in [2.75, 3.05) is 11.1 Å². The summed E-state index contributed by atoms with van der Waals surface area (Å²) < 4.78 is 5.62. The van der Waals surface area contributed by atoms with Gasteiger partial charge in [0.05, 0.1) is 12.2 Å². The molecule has 0 radical (unpaired) electrons. The normalized spacial score (nSPS) is 11.0. The minimum Gasteiger partial charge on any atom is -0.423 e. The molecule has 3 aromatic rings. The second kappa shape index (κ2) is 4.93. The first-order chi connectivity index (χ1) is 9.28. The molecule has 0 atom stereocenters. The zero-order valence-corrected chi connectivity index (χ0v) is 11.5. The van der Waals surface area contributed by atoms with Gasteiger partial charge < -0.3 is 15.5 Å². The number of nitrogen functional groups attached to an aromatic ring is 1. The maximum atomic E-state index is 5.86. The van der Waals surface area contributed by atoms with E-state index in [1.54, 1.807) is 11.3 Å². The van der Waals surface area contributed by atoms with Gasteiger partial charge in [0.15, 0.2) is 5.58 Å². The fourth-order valence-electron chi connectivity index (χ4n) is 2.04. The lowest BCUT2D eigenvalue weighted by molar-refractivity contribution is 0.614. The Morgan fingerprint density at radius 1 is 1.37 bits per heavy atom. The van der Waals surface area contributed by atoms with Crippen molar-refractivity contribution in [3.63, 3.8) is 0 Å². The molecule has 98 valence electrons. The molecule has 0 saturated heterocycles. The van der Waals surface area contributed by atoms with Crippen LogP contribution in [0.4, 0.5) is 11.7 Å². The number of para-hydroxylation sites is 1. The summed E-state index contributed by atoms with van der Waals surface area (Å²) in [5.41, 5.74) is 9.29. The van der Waals surface area contributed by atoms with Crippen LogP contribution >= 0.6 is 11.3 Å². The molecule has 1 aromatic carbocycles. The van der Waals surface area contributed by atoms with Gasteiger partial charge in [-0.15, -0.1) is 11.3 Å². The minimum atomic E-state index is 0.517. The Bertz CT molecular complexity index is 702. The minimum absolute atomic E-state index is 0.517. The molecule has 5 heteroatoms. The van der Waals surface area contributed by atoms with Crippen LogP contribution in [0.3, 0.4) is 0 Å². The molecule has 0 amide bonds. The first-order valence-corrected chi connectivity index (χ1v) is 7.10. The van der Waals surface area contributed by atoms with Crippen molar-refractivity contribution in [1.29, 1.82) is 0 Å². The van der Waals surface area contributed by atoms with Crippen molar-refractivity contribution in [1.82, 2.24) is 4.98 Å². The quantitative estimate of drug-likeness (QED) is 0.712. The monoisotopic (exact) mass is 273 g/mol. The highest BCUT2D eigenvalue weighted by molar-refractivity contribution is 7.10. The van der Waals surface area contributed by atoms with Crippen LogP contribution in [0.25, 0.3) is 11.1 Å². The van der Waals surface area contributed by atoms with Crippen LogP contribution in [-0.4, -0.2) is 4.98 Å². The van der Waals surface area contributed by atoms with Crippen LogP contribution in [0, 0.1) is 0 Å². The number of fused-ring (bicyclic) bond motifs is 1. The summed E-state index contributed by atoms with van der Waals surface area (Å²) in [6.07, 6.45) is 1.04. The van der Waals surface area contributed by atoms with Crippen molar-refractivity contribution < 1.29 is 4.42 Å². The number of nitrogens with one attached hydrogen (secondary N) is 1. The predicted molar refractivity (Wildman–Crippen MR) is 79.4 cm³/mol. The van der Waals surface area contributed by atoms with Gasteiger partial charge >= 0.3 is 0 Å². The van der Waals surface area contributed by atoms with Crippen LogP contribution in [0.2, 0.25) is 0 Å². The number of benzene rings is 1. The molecule has 19 heavy (non-hydrogen) atoms. The zero-order valence-electron chi connectivity index (χ0n) is 10.6. The lowest BCUT2D eigenvalue weighted by Gasteiger charge is -2.01. The van der Waals surface area contributed by atoms with Crippen molar-refractivity contribution in [3.05, 3.63) is 40.1 Å². The smallest absolute Gasteiger partial charge is 0.296 e. The standard InChI is InChI=1S/C14H15N3OS/c1-2-9-6-7-19-12(9)8-16-14-17-13-10(15)4-3-5-11(13)18-14/h3-7H,2,8,15H2,1H3,(H,16,17). The summed E-state index contributed by atoms with van der Waals surface area (Å²) in [6, 6.07) is 8.23. The van der Waals surface area contributed by atoms with Crippen molar-refractivity contribution >= 4 is 34.1 Å². The van der Waals surface area contributed by atoms with Crippen molar-refractivity contribution in [2.45, 2.75) is 19.9 Å². The molecule has 3 rings (SSSR count). The molecule has 0 saturated carbocycles. The number of hydrogen-bond acceptors (Lipinski definition) is 5. The third-order valence-corrected chi connectivity index (χ3v) is 4.03. The number of nitrogens with zero attached hydrogens (tertiary/aromatic N) is 1. The van der Waals surface area contributed by atoms with Gasteiger partial charge in [0.1, 0.15) is 5.52 Å². The number of aromatic nitrogens is 1. The topological polar surface area (TPSA) is 64.1 Å². The number of hydrogen-bond donors (Lipinski definition) is 2. The van der Waals surface area contributed by atoms with E-state index < -0.39 is 0 Å². The molecule has 4 nitrogen and oxygen atoms in total. The third kappa shape index (κ3) is 2.29. The summed E-state index contributed by atoms with van der Waals surface area (Å²) in [7, 11) is 0. The van der Waals surface area contributed by atoms with Crippen LogP contribution in [-0.2, 0) is 13.0 Å². The van der Waals surface area contributed by atoms with E-state index in [1.165, 1.54) is 10.4 Å². The number of anilines is 2. The summed E-state index contributed by atoms with van der Waals surface area (Å²) in [5, 5.41) is 5.33. The Balaban J connectivity index is 1.80. The van der Waals surface area contributed by atoms with Gasteiger partial charge in [0, 0.05) is 4.88 Å².